The van der Waals surface area contributed by atoms with Gasteiger partial charge in [0.25, 0.3) is 11.1 Å². The van der Waals surface area contributed by atoms with Gasteiger partial charge < -0.3 is 24.4 Å². The van der Waals surface area contributed by atoms with Crippen LogP contribution in [0.3, 0.4) is 0 Å². The Balaban J connectivity index is 1.86. The first-order chi connectivity index (χ1) is 14.6. The van der Waals surface area contributed by atoms with E-state index in [2.05, 4.69) is 15.5 Å². The van der Waals surface area contributed by atoms with E-state index in [-0.39, 0.29) is 6.04 Å². The molecule has 3 rings (SSSR count). The minimum absolute atomic E-state index is 0.0887. The van der Waals surface area contributed by atoms with Crippen LogP contribution in [0.2, 0.25) is 0 Å². The van der Waals surface area contributed by atoms with Crippen LogP contribution >= 0.6 is 11.8 Å². The van der Waals surface area contributed by atoms with Crippen LogP contribution in [0.1, 0.15) is 32.8 Å². The minimum atomic E-state index is -0.567. The first-order valence-corrected chi connectivity index (χ1v) is 10.7. The highest BCUT2D eigenvalue weighted by atomic mass is 32.2. The summed E-state index contributed by atoms with van der Waals surface area (Å²) in [6.07, 6.45) is 1.94. The molecule has 0 radical (unpaired) electrons. The zero-order chi connectivity index (χ0) is 22.8. The highest BCUT2D eigenvalue weighted by Gasteiger charge is 2.30. The van der Waals surface area contributed by atoms with Crippen molar-refractivity contribution >= 4 is 40.8 Å². The van der Waals surface area contributed by atoms with Crippen LogP contribution in [0, 0.1) is 0 Å². The van der Waals surface area contributed by atoms with Crippen LogP contribution in [-0.2, 0) is 9.53 Å². The number of carbonyl (C=O) groups excluding carboxylic acids is 3. The van der Waals surface area contributed by atoms with Crippen molar-refractivity contribution in [2.24, 2.45) is 0 Å². The molecule has 0 saturated carbocycles. The van der Waals surface area contributed by atoms with E-state index >= 15 is 0 Å². The van der Waals surface area contributed by atoms with Gasteiger partial charge in [0, 0.05) is 30.4 Å². The molecule has 2 saturated heterocycles. The Morgan fingerprint density at radius 1 is 1.23 bits per heavy atom. The van der Waals surface area contributed by atoms with Gasteiger partial charge in [0.05, 0.1) is 25.2 Å². The third-order valence-corrected chi connectivity index (χ3v) is 5.52. The Labute approximate surface area is 185 Å². The Morgan fingerprint density at radius 2 is 1.90 bits per heavy atom. The van der Waals surface area contributed by atoms with Gasteiger partial charge in [-0.3, -0.25) is 14.9 Å². The summed E-state index contributed by atoms with van der Waals surface area (Å²) in [5, 5.41) is 4.76. The number of anilines is 1. The standard InChI is InChI=1S/C21H27N3O6S/c1-21(2,3)30-19(26)22-13-6-7-24(11-13)14-10-16(29-5)15(28-4)8-12(14)9-17-18(25)23-20(27)31-17/h8-10,13H,6-7,11H2,1-5H3,(H,22,26)(H,23,25,27)/b17-9-/t13-/m0/s1. The fourth-order valence-electron chi connectivity index (χ4n) is 3.41. The molecule has 0 bridgehead atoms. The SMILES string of the molecule is COc1cc(/C=C2\SC(=O)NC2=O)c(N2CC[C@H](NC(=O)OC(C)(C)C)C2)cc1OC. The van der Waals surface area contributed by atoms with Gasteiger partial charge in [0.2, 0.25) is 0 Å². The summed E-state index contributed by atoms with van der Waals surface area (Å²) in [7, 11) is 3.08. The number of alkyl carbamates (subject to hydrolysis) is 1. The molecule has 2 N–H and O–H groups in total. The Kier molecular flexibility index (Phi) is 6.68. The number of carbonyl (C=O) groups is 3. The lowest BCUT2D eigenvalue weighted by Gasteiger charge is -2.24. The molecule has 0 aliphatic carbocycles. The molecule has 2 aliphatic heterocycles. The molecule has 0 spiro atoms. The van der Waals surface area contributed by atoms with Crippen molar-refractivity contribution in [3.05, 3.63) is 22.6 Å². The van der Waals surface area contributed by atoms with E-state index in [4.69, 9.17) is 14.2 Å². The number of amides is 3. The third-order valence-electron chi connectivity index (χ3n) is 4.71. The van der Waals surface area contributed by atoms with E-state index in [1.807, 2.05) is 26.8 Å². The number of methoxy groups -OCH3 is 2. The average molecular weight is 450 g/mol. The van der Waals surface area contributed by atoms with Gasteiger partial charge in [0.1, 0.15) is 5.60 Å². The molecule has 10 heteroatoms. The number of rotatable bonds is 5. The fourth-order valence-corrected chi connectivity index (χ4v) is 4.08. The maximum Gasteiger partial charge on any atom is 0.407 e. The summed E-state index contributed by atoms with van der Waals surface area (Å²) >= 11 is 0.855. The number of imide groups is 1. The molecule has 1 atom stereocenters. The maximum absolute atomic E-state index is 12.1. The molecule has 2 fully saturated rings. The van der Waals surface area contributed by atoms with Crippen LogP contribution in [0.5, 0.6) is 11.5 Å². The summed E-state index contributed by atoms with van der Waals surface area (Å²) in [4.78, 5) is 38.1. The molecule has 3 amide bonds. The molecule has 168 valence electrons. The molecule has 2 aliphatic rings. The first-order valence-electron chi connectivity index (χ1n) is 9.85. The lowest BCUT2D eigenvalue weighted by molar-refractivity contribution is -0.115. The Hall–Kier alpha value is -2.88. The molecular weight excluding hydrogens is 422 g/mol. The summed E-state index contributed by atoms with van der Waals surface area (Å²) in [5.74, 6) is 0.625. The monoisotopic (exact) mass is 449 g/mol. The number of ether oxygens (including phenoxy) is 3. The normalized spacial score (nSPS) is 20.1. The first kappa shape index (κ1) is 22.8. The molecular formula is C21H27N3O6S. The van der Waals surface area contributed by atoms with Crippen molar-refractivity contribution in [3.8, 4) is 11.5 Å². The number of nitrogens with zero attached hydrogens (tertiary/aromatic N) is 1. The highest BCUT2D eigenvalue weighted by Crippen LogP contribution is 2.39. The molecule has 1 aromatic carbocycles. The number of thioether (sulfide) groups is 1. The largest absolute Gasteiger partial charge is 0.493 e. The number of benzene rings is 1. The maximum atomic E-state index is 12.1. The topological polar surface area (TPSA) is 106 Å². The van der Waals surface area contributed by atoms with E-state index in [1.54, 1.807) is 19.3 Å². The predicted molar refractivity (Wildman–Crippen MR) is 119 cm³/mol. The third kappa shape index (κ3) is 5.63. The van der Waals surface area contributed by atoms with E-state index in [0.717, 1.165) is 23.9 Å². The lowest BCUT2D eigenvalue weighted by atomic mass is 10.1. The highest BCUT2D eigenvalue weighted by molar-refractivity contribution is 8.18. The molecule has 2 heterocycles. The number of hydrogen-bond acceptors (Lipinski definition) is 8. The van der Waals surface area contributed by atoms with Gasteiger partial charge in [-0.15, -0.1) is 0 Å². The van der Waals surface area contributed by atoms with Crippen LogP contribution in [0.25, 0.3) is 6.08 Å². The molecule has 31 heavy (non-hydrogen) atoms. The second-order valence-electron chi connectivity index (χ2n) is 8.20. The summed E-state index contributed by atoms with van der Waals surface area (Å²) < 4.78 is 16.2. The van der Waals surface area contributed by atoms with E-state index in [1.165, 1.54) is 7.11 Å². The second kappa shape index (κ2) is 9.09. The van der Waals surface area contributed by atoms with Crippen LogP contribution < -0.4 is 25.0 Å². The van der Waals surface area contributed by atoms with Crippen LogP contribution in [-0.4, -0.2) is 56.2 Å². The number of hydrogen-bond donors (Lipinski definition) is 2. The molecule has 9 nitrogen and oxygen atoms in total. The molecule has 1 aromatic rings. The van der Waals surface area contributed by atoms with Gasteiger partial charge in [-0.25, -0.2) is 4.79 Å². The van der Waals surface area contributed by atoms with E-state index < -0.39 is 22.8 Å². The van der Waals surface area contributed by atoms with Gasteiger partial charge in [-0.1, -0.05) is 0 Å². The average Bonchev–Trinajstić information content (AvgIpc) is 3.25. The zero-order valence-electron chi connectivity index (χ0n) is 18.2. The van der Waals surface area contributed by atoms with Crippen LogP contribution in [0.4, 0.5) is 15.3 Å². The van der Waals surface area contributed by atoms with Crippen molar-refractivity contribution in [2.45, 2.75) is 38.8 Å². The zero-order valence-corrected chi connectivity index (χ0v) is 19.1. The number of nitrogens with one attached hydrogen (secondary N) is 2. The van der Waals surface area contributed by atoms with Gasteiger partial charge in [-0.2, -0.15) is 0 Å². The van der Waals surface area contributed by atoms with Crippen molar-refractivity contribution in [1.29, 1.82) is 0 Å². The summed E-state index contributed by atoms with van der Waals surface area (Å²) in [6.45, 7) is 6.70. The van der Waals surface area contributed by atoms with Crippen molar-refractivity contribution in [2.75, 3.05) is 32.2 Å². The van der Waals surface area contributed by atoms with E-state index in [9.17, 15) is 14.4 Å². The fraction of sp³-hybridized carbons (Fsp3) is 0.476. The summed E-state index contributed by atoms with van der Waals surface area (Å²) in [6, 6.07) is 3.52. The minimum Gasteiger partial charge on any atom is -0.493 e. The van der Waals surface area contributed by atoms with E-state index in [0.29, 0.717) is 35.1 Å². The van der Waals surface area contributed by atoms with Gasteiger partial charge in [-0.05, 0) is 51.1 Å². The second-order valence-corrected chi connectivity index (χ2v) is 9.21. The van der Waals surface area contributed by atoms with Gasteiger partial charge >= 0.3 is 6.09 Å². The van der Waals surface area contributed by atoms with Crippen molar-refractivity contribution in [1.82, 2.24) is 10.6 Å². The predicted octanol–water partition coefficient (Wildman–Crippen LogP) is 3.13. The van der Waals surface area contributed by atoms with Gasteiger partial charge in [0.15, 0.2) is 11.5 Å². The van der Waals surface area contributed by atoms with Crippen molar-refractivity contribution < 1.29 is 28.6 Å². The van der Waals surface area contributed by atoms with Crippen LogP contribution in [0.15, 0.2) is 17.0 Å². The lowest BCUT2D eigenvalue weighted by Crippen LogP contribution is -2.40. The quantitative estimate of drug-likeness (QED) is 0.661. The van der Waals surface area contributed by atoms with Crippen molar-refractivity contribution in [3.63, 3.8) is 0 Å². The Morgan fingerprint density at radius 3 is 2.48 bits per heavy atom. The summed E-state index contributed by atoms with van der Waals surface area (Å²) in [5.41, 5.74) is 0.955. The smallest absolute Gasteiger partial charge is 0.407 e. The Bertz CT molecular complexity index is 924. The molecule has 0 unspecified atom stereocenters. The molecule has 0 aromatic heterocycles.